The van der Waals surface area contributed by atoms with Crippen molar-refractivity contribution in [3.63, 3.8) is 0 Å². The molecule has 2 N–H and O–H groups in total. The van der Waals surface area contributed by atoms with Crippen LogP contribution in [0.5, 0.6) is 0 Å². The van der Waals surface area contributed by atoms with E-state index in [-0.39, 0.29) is 12.3 Å². The van der Waals surface area contributed by atoms with Crippen LogP contribution in [0.2, 0.25) is 0 Å². The molecular weight excluding hydrogens is 308 g/mol. The molecule has 0 radical (unpaired) electrons. The van der Waals surface area contributed by atoms with E-state index in [1.54, 1.807) is 23.5 Å². The number of hydrogen-bond acceptors (Lipinski definition) is 5. The quantitative estimate of drug-likeness (QED) is 0.471. The molecule has 0 fully saturated rings. The molecule has 7 heteroatoms. The van der Waals surface area contributed by atoms with E-state index in [1.807, 2.05) is 6.26 Å². The van der Waals surface area contributed by atoms with Crippen LogP contribution in [-0.2, 0) is 9.59 Å². The van der Waals surface area contributed by atoms with Gasteiger partial charge in [0.05, 0.1) is 6.54 Å². The van der Waals surface area contributed by atoms with Crippen LogP contribution in [0.25, 0.3) is 0 Å². The van der Waals surface area contributed by atoms with Crippen molar-refractivity contribution in [2.24, 2.45) is 0 Å². The predicted molar refractivity (Wildman–Crippen MR) is 92.3 cm³/mol. The summed E-state index contributed by atoms with van der Waals surface area (Å²) in [6.45, 7) is 2.91. The van der Waals surface area contributed by atoms with Crippen molar-refractivity contribution < 1.29 is 14.7 Å². The van der Waals surface area contributed by atoms with E-state index in [0.717, 1.165) is 44.0 Å². The third-order valence-electron chi connectivity index (χ3n) is 2.97. The second kappa shape index (κ2) is 14.5. The zero-order chi connectivity index (χ0) is 15.9. The zero-order valence-electron chi connectivity index (χ0n) is 13.1. The third-order valence-corrected chi connectivity index (χ3v) is 4.18. The topological polar surface area (TPSA) is 69.6 Å². The largest absolute Gasteiger partial charge is 0.481 e. The Morgan fingerprint density at radius 2 is 1.76 bits per heavy atom. The first-order chi connectivity index (χ1) is 10.1. The second-order valence-electron chi connectivity index (χ2n) is 4.82. The van der Waals surface area contributed by atoms with Crippen molar-refractivity contribution in [3.8, 4) is 0 Å². The van der Waals surface area contributed by atoms with Crippen molar-refractivity contribution in [2.45, 2.75) is 25.7 Å². The van der Waals surface area contributed by atoms with Gasteiger partial charge in [0.15, 0.2) is 0 Å². The van der Waals surface area contributed by atoms with Crippen molar-refractivity contribution in [2.75, 3.05) is 50.2 Å². The minimum atomic E-state index is -0.734. The summed E-state index contributed by atoms with van der Waals surface area (Å²) in [7, 11) is 0. The molecule has 0 saturated carbocycles. The summed E-state index contributed by atoms with van der Waals surface area (Å²) in [5.74, 6) is 1.29. The fourth-order valence-corrected chi connectivity index (χ4v) is 2.58. The average Bonchev–Trinajstić information content (AvgIpc) is 2.44. The molecule has 21 heavy (non-hydrogen) atoms. The fourth-order valence-electron chi connectivity index (χ4n) is 1.83. The van der Waals surface area contributed by atoms with Gasteiger partial charge in [0, 0.05) is 31.0 Å². The number of carboxylic acid groups (broad SMARTS) is 1. The molecular formula is C14H28N2O3S2. The van der Waals surface area contributed by atoms with Crippen LogP contribution in [0.15, 0.2) is 0 Å². The standard InChI is InChI=1S/C14H28N2O3S2/c1-20-10-7-15-13(17)12-16(9-11-21-2)8-5-3-4-6-14(18)19/h3-12H2,1-2H3,(H,15,17)(H,18,19). The molecule has 0 atom stereocenters. The van der Waals surface area contributed by atoms with Crippen LogP contribution < -0.4 is 5.32 Å². The highest BCUT2D eigenvalue weighted by Crippen LogP contribution is 2.03. The van der Waals surface area contributed by atoms with E-state index in [2.05, 4.69) is 16.5 Å². The Morgan fingerprint density at radius 1 is 1.05 bits per heavy atom. The van der Waals surface area contributed by atoms with E-state index >= 15 is 0 Å². The highest BCUT2D eigenvalue weighted by Gasteiger charge is 2.10. The number of carboxylic acids is 1. The first-order valence-electron chi connectivity index (χ1n) is 7.29. The fraction of sp³-hybridized carbons (Fsp3) is 0.857. The number of rotatable bonds is 14. The number of amides is 1. The number of carbonyl (C=O) groups excluding carboxylic acids is 1. The third kappa shape index (κ3) is 14.3. The lowest BCUT2D eigenvalue weighted by molar-refractivity contribution is -0.137. The summed E-state index contributed by atoms with van der Waals surface area (Å²) in [5.41, 5.74) is 0. The van der Waals surface area contributed by atoms with Gasteiger partial charge in [-0.3, -0.25) is 14.5 Å². The molecule has 0 bridgehead atoms. The minimum absolute atomic E-state index is 0.0793. The van der Waals surface area contributed by atoms with Gasteiger partial charge < -0.3 is 10.4 Å². The Hall–Kier alpha value is -0.400. The lowest BCUT2D eigenvalue weighted by Gasteiger charge is -2.21. The number of carbonyl (C=O) groups is 2. The van der Waals surface area contributed by atoms with Crippen LogP contribution >= 0.6 is 23.5 Å². The van der Waals surface area contributed by atoms with Crippen LogP contribution in [0.4, 0.5) is 0 Å². The molecule has 5 nitrogen and oxygen atoms in total. The Bertz CT molecular complexity index is 291. The van der Waals surface area contributed by atoms with Gasteiger partial charge in [-0.05, 0) is 31.9 Å². The van der Waals surface area contributed by atoms with Gasteiger partial charge in [-0.2, -0.15) is 23.5 Å². The number of nitrogens with one attached hydrogen (secondary N) is 1. The van der Waals surface area contributed by atoms with Crippen molar-refractivity contribution in [1.29, 1.82) is 0 Å². The summed E-state index contributed by atoms with van der Waals surface area (Å²) >= 11 is 3.49. The first-order valence-corrected chi connectivity index (χ1v) is 10.1. The summed E-state index contributed by atoms with van der Waals surface area (Å²) in [6.07, 6.45) is 6.87. The van der Waals surface area contributed by atoms with Gasteiger partial charge >= 0.3 is 5.97 Å². The smallest absolute Gasteiger partial charge is 0.303 e. The molecule has 124 valence electrons. The second-order valence-corrected chi connectivity index (χ2v) is 6.79. The zero-order valence-corrected chi connectivity index (χ0v) is 14.7. The molecule has 0 aliphatic heterocycles. The Labute approximate surface area is 136 Å². The molecule has 0 aromatic carbocycles. The van der Waals surface area contributed by atoms with Gasteiger partial charge in [-0.1, -0.05) is 6.42 Å². The Morgan fingerprint density at radius 3 is 2.38 bits per heavy atom. The lowest BCUT2D eigenvalue weighted by Crippen LogP contribution is -2.39. The molecule has 0 aromatic rings. The predicted octanol–water partition coefficient (Wildman–Crippen LogP) is 1.78. The van der Waals surface area contributed by atoms with Gasteiger partial charge in [0.1, 0.15) is 0 Å². The van der Waals surface area contributed by atoms with E-state index in [4.69, 9.17) is 5.11 Å². The number of nitrogens with zero attached hydrogens (tertiary/aromatic N) is 1. The number of thioether (sulfide) groups is 2. The molecule has 0 saturated heterocycles. The van der Waals surface area contributed by atoms with Crippen molar-refractivity contribution >= 4 is 35.4 Å². The van der Waals surface area contributed by atoms with Crippen molar-refractivity contribution in [3.05, 3.63) is 0 Å². The first kappa shape index (κ1) is 20.6. The number of hydrogen-bond donors (Lipinski definition) is 2. The molecule has 1 amide bonds. The maximum atomic E-state index is 11.8. The SMILES string of the molecule is CSCCNC(=O)CN(CCCCCC(=O)O)CCSC. The molecule has 0 spiro atoms. The molecule has 0 aliphatic carbocycles. The van der Waals surface area contributed by atoms with Gasteiger partial charge in [0.2, 0.25) is 5.91 Å². The Balaban J connectivity index is 3.89. The van der Waals surface area contributed by atoms with Gasteiger partial charge in [-0.25, -0.2) is 0 Å². The summed E-state index contributed by atoms with van der Waals surface area (Å²) in [4.78, 5) is 24.4. The normalized spacial score (nSPS) is 10.8. The molecule has 0 unspecified atom stereocenters. The monoisotopic (exact) mass is 336 g/mol. The Kier molecular flexibility index (Phi) is 14.3. The van der Waals surface area contributed by atoms with E-state index in [9.17, 15) is 9.59 Å². The van der Waals surface area contributed by atoms with Crippen LogP contribution in [0.3, 0.4) is 0 Å². The summed E-state index contributed by atoms with van der Waals surface area (Å²) < 4.78 is 0. The van der Waals surface area contributed by atoms with E-state index in [0.29, 0.717) is 13.0 Å². The van der Waals surface area contributed by atoms with E-state index < -0.39 is 5.97 Å². The van der Waals surface area contributed by atoms with Crippen LogP contribution in [0.1, 0.15) is 25.7 Å². The van der Waals surface area contributed by atoms with Crippen LogP contribution in [0, 0.1) is 0 Å². The van der Waals surface area contributed by atoms with Crippen LogP contribution in [-0.4, -0.2) is 72.1 Å². The highest BCUT2D eigenvalue weighted by atomic mass is 32.2. The molecule has 0 heterocycles. The maximum Gasteiger partial charge on any atom is 0.303 e. The number of aliphatic carboxylic acids is 1. The van der Waals surface area contributed by atoms with Crippen molar-refractivity contribution in [1.82, 2.24) is 10.2 Å². The molecule has 0 aromatic heterocycles. The summed E-state index contributed by atoms with van der Waals surface area (Å²) in [5, 5.41) is 11.5. The molecule has 0 aliphatic rings. The minimum Gasteiger partial charge on any atom is -0.481 e. The summed E-state index contributed by atoms with van der Waals surface area (Å²) in [6, 6.07) is 0. The average molecular weight is 337 g/mol. The maximum absolute atomic E-state index is 11.8. The van der Waals surface area contributed by atoms with E-state index in [1.165, 1.54) is 0 Å². The lowest BCUT2D eigenvalue weighted by atomic mass is 10.2. The highest BCUT2D eigenvalue weighted by molar-refractivity contribution is 7.98. The van der Waals surface area contributed by atoms with Gasteiger partial charge in [0.25, 0.3) is 0 Å². The molecule has 0 rings (SSSR count). The van der Waals surface area contributed by atoms with Gasteiger partial charge in [-0.15, -0.1) is 0 Å². The number of unbranched alkanes of at least 4 members (excludes halogenated alkanes) is 2.